The molecule has 14 heteroatoms. The van der Waals surface area contributed by atoms with Gasteiger partial charge in [0.1, 0.15) is 22.6 Å². The molecular formula is C36H45IN6O7. The van der Waals surface area contributed by atoms with Crippen molar-refractivity contribution in [3.8, 4) is 0 Å². The second kappa shape index (κ2) is 13.2. The Labute approximate surface area is 305 Å². The Kier molecular flexibility index (Phi) is 9.75. The maximum atomic E-state index is 14.3. The lowest BCUT2D eigenvalue weighted by Gasteiger charge is -2.30. The molecule has 1 unspecified atom stereocenters. The van der Waals surface area contributed by atoms with Crippen LogP contribution in [0.3, 0.4) is 0 Å². The van der Waals surface area contributed by atoms with E-state index in [2.05, 4.69) is 32.7 Å². The average molecular weight is 801 g/mol. The molecule has 0 spiro atoms. The van der Waals surface area contributed by atoms with Crippen molar-refractivity contribution in [3.05, 3.63) is 51.0 Å². The molecule has 1 fully saturated rings. The number of hydrogen-bond donors (Lipinski definition) is 0. The van der Waals surface area contributed by atoms with Crippen LogP contribution < -0.4 is 4.90 Å². The van der Waals surface area contributed by atoms with Crippen LogP contribution in [-0.2, 0) is 21.3 Å². The summed E-state index contributed by atoms with van der Waals surface area (Å²) in [7, 11) is 1.78. The smallest absolute Gasteiger partial charge is 0.423 e. The summed E-state index contributed by atoms with van der Waals surface area (Å²) >= 11 is 2.15. The van der Waals surface area contributed by atoms with Gasteiger partial charge in [0.2, 0.25) is 0 Å². The Morgan fingerprint density at radius 2 is 1.48 bits per heavy atom. The molecule has 3 aromatic heterocycles. The lowest BCUT2D eigenvalue weighted by molar-refractivity contribution is 0.0211. The lowest BCUT2D eigenvalue weighted by Crippen LogP contribution is -2.41. The second-order valence-corrected chi connectivity index (χ2v) is 16.5. The number of ether oxygens (including phenoxy) is 3. The summed E-state index contributed by atoms with van der Waals surface area (Å²) in [4.78, 5) is 62.7. The van der Waals surface area contributed by atoms with Gasteiger partial charge in [-0.25, -0.2) is 23.9 Å². The van der Waals surface area contributed by atoms with Crippen LogP contribution in [0.1, 0.15) is 103 Å². The molecule has 1 aliphatic rings. The van der Waals surface area contributed by atoms with Gasteiger partial charge in [0.25, 0.3) is 5.91 Å². The van der Waals surface area contributed by atoms with Gasteiger partial charge in [0.05, 0.1) is 28.5 Å². The van der Waals surface area contributed by atoms with E-state index in [1.807, 2.05) is 6.92 Å². The number of anilines is 1. The number of imide groups is 1. The van der Waals surface area contributed by atoms with Crippen molar-refractivity contribution in [1.29, 1.82) is 0 Å². The van der Waals surface area contributed by atoms with Crippen LogP contribution in [0.4, 0.5) is 20.2 Å². The SMILES string of the molecule is Cc1nn(C)c2cc(C(=O)N(C(=O)OC(C)(C)C)c3cc4c(cn3)c(I)c(C3CCCN3C(=O)OC(C)(C)C)n4C(=O)OC(C)(C)C)ccc12. The molecule has 1 aromatic carbocycles. The van der Waals surface area contributed by atoms with Crippen molar-refractivity contribution in [1.82, 2.24) is 24.2 Å². The molecule has 1 aliphatic heterocycles. The third-order valence-corrected chi connectivity index (χ3v) is 9.01. The fourth-order valence-electron chi connectivity index (χ4n) is 5.95. The highest BCUT2D eigenvalue weighted by Gasteiger charge is 2.40. The third kappa shape index (κ3) is 7.59. The number of carbonyl (C=O) groups excluding carboxylic acids is 4. The molecule has 4 heterocycles. The molecule has 5 rings (SSSR count). The van der Waals surface area contributed by atoms with E-state index in [1.54, 1.807) is 97.1 Å². The maximum Gasteiger partial charge on any atom is 0.423 e. The van der Waals surface area contributed by atoms with Crippen molar-refractivity contribution >= 4 is 74.4 Å². The summed E-state index contributed by atoms with van der Waals surface area (Å²) in [5.41, 5.74) is 0.104. The molecule has 0 bridgehead atoms. The lowest BCUT2D eigenvalue weighted by atomic mass is 10.1. The van der Waals surface area contributed by atoms with Gasteiger partial charge in [0.15, 0.2) is 0 Å². The molecule has 1 saturated heterocycles. The zero-order chi connectivity index (χ0) is 37.1. The number of benzene rings is 1. The Morgan fingerprint density at radius 1 is 0.860 bits per heavy atom. The molecule has 0 N–H and O–H groups in total. The van der Waals surface area contributed by atoms with Gasteiger partial charge in [-0.3, -0.25) is 14.4 Å². The summed E-state index contributed by atoms with van der Waals surface area (Å²) in [5, 5.41) is 5.90. The minimum absolute atomic E-state index is 0.0567. The fraction of sp³-hybridized carbons (Fsp3) is 0.500. The van der Waals surface area contributed by atoms with E-state index in [1.165, 1.54) is 16.8 Å². The topological polar surface area (TPSA) is 138 Å². The van der Waals surface area contributed by atoms with E-state index >= 15 is 0 Å². The van der Waals surface area contributed by atoms with Crippen LogP contribution in [0.5, 0.6) is 0 Å². The molecule has 268 valence electrons. The number of aryl methyl sites for hydroxylation is 2. The highest BCUT2D eigenvalue weighted by atomic mass is 127. The van der Waals surface area contributed by atoms with Crippen molar-refractivity contribution in [2.24, 2.45) is 7.05 Å². The minimum Gasteiger partial charge on any atom is -0.444 e. The Morgan fingerprint density at radius 3 is 2.10 bits per heavy atom. The maximum absolute atomic E-state index is 14.3. The van der Waals surface area contributed by atoms with E-state index in [4.69, 9.17) is 14.2 Å². The number of halogens is 1. The quantitative estimate of drug-likeness (QED) is 0.148. The number of pyridine rings is 1. The van der Waals surface area contributed by atoms with E-state index < -0.39 is 47.0 Å². The number of aromatic nitrogens is 4. The van der Waals surface area contributed by atoms with Crippen LogP contribution in [0, 0.1) is 10.5 Å². The summed E-state index contributed by atoms with van der Waals surface area (Å²) in [6, 6.07) is 6.08. The van der Waals surface area contributed by atoms with E-state index in [0.29, 0.717) is 45.1 Å². The Balaban J connectivity index is 1.70. The molecule has 0 aliphatic carbocycles. The molecule has 0 radical (unpaired) electrons. The van der Waals surface area contributed by atoms with Crippen LogP contribution >= 0.6 is 22.6 Å². The van der Waals surface area contributed by atoms with Gasteiger partial charge in [-0.2, -0.15) is 10.00 Å². The van der Waals surface area contributed by atoms with Gasteiger partial charge in [0, 0.05) is 45.8 Å². The largest absolute Gasteiger partial charge is 0.444 e. The summed E-state index contributed by atoms with van der Waals surface area (Å²) < 4.78 is 21.1. The number of likely N-dealkylation sites (tertiary alicyclic amines) is 1. The number of hydrogen-bond acceptors (Lipinski definition) is 9. The first-order chi connectivity index (χ1) is 23.1. The molecule has 0 saturated carbocycles. The van der Waals surface area contributed by atoms with Gasteiger partial charge in [-0.1, -0.05) is 6.07 Å². The first kappa shape index (κ1) is 37.1. The highest BCUT2D eigenvalue weighted by Crippen LogP contribution is 2.41. The van der Waals surface area contributed by atoms with Crippen molar-refractivity contribution in [3.63, 3.8) is 0 Å². The van der Waals surface area contributed by atoms with Crippen LogP contribution in [-0.4, -0.2) is 71.8 Å². The minimum atomic E-state index is -0.937. The fourth-order valence-corrected chi connectivity index (χ4v) is 6.97. The number of amides is 3. The molecule has 4 aromatic rings. The Hall–Kier alpha value is -4.21. The van der Waals surface area contributed by atoms with Gasteiger partial charge in [-0.05, 0) is 117 Å². The molecular weight excluding hydrogens is 755 g/mol. The van der Waals surface area contributed by atoms with Gasteiger partial charge < -0.3 is 14.2 Å². The van der Waals surface area contributed by atoms with Crippen LogP contribution in [0.25, 0.3) is 21.8 Å². The highest BCUT2D eigenvalue weighted by molar-refractivity contribution is 14.1. The summed E-state index contributed by atoms with van der Waals surface area (Å²) in [5.74, 6) is -0.734. The Bertz CT molecular complexity index is 2010. The van der Waals surface area contributed by atoms with Gasteiger partial charge >= 0.3 is 18.3 Å². The first-order valence-corrected chi connectivity index (χ1v) is 17.6. The number of rotatable bonds is 3. The number of fused-ring (bicyclic) bond motifs is 2. The number of nitrogens with zero attached hydrogens (tertiary/aromatic N) is 6. The standard InChI is InChI=1S/C36H45IN6O7/c1-20-22-15-14-21(17-25(22)40(11)39-20)30(44)43(33(47)50-36(8,9)10)27-18-26-23(19-38-27)28(37)29(42(26)32(46)49-35(5,6)7)24-13-12-16-41(24)31(45)48-34(2,3)4/h14-15,17-19,24H,12-13,16H2,1-11H3. The summed E-state index contributed by atoms with van der Waals surface area (Å²) in [6.45, 7) is 18.1. The van der Waals surface area contributed by atoms with Crippen molar-refractivity contribution < 1.29 is 33.4 Å². The van der Waals surface area contributed by atoms with Crippen molar-refractivity contribution in [2.45, 2.75) is 105 Å². The number of carbonyl (C=O) groups is 4. The molecule has 50 heavy (non-hydrogen) atoms. The predicted octanol–water partition coefficient (Wildman–Crippen LogP) is 8.27. The van der Waals surface area contributed by atoms with Crippen LogP contribution in [0.15, 0.2) is 30.5 Å². The molecule has 13 nitrogen and oxygen atoms in total. The zero-order valence-electron chi connectivity index (χ0n) is 30.5. The van der Waals surface area contributed by atoms with E-state index in [0.717, 1.165) is 16.0 Å². The third-order valence-electron chi connectivity index (χ3n) is 7.87. The van der Waals surface area contributed by atoms with Gasteiger partial charge in [-0.15, -0.1) is 0 Å². The monoisotopic (exact) mass is 800 g/mol. The molecule has 3 amide bonds. The first-order valence-electron chi connectivity index (χ1n) is 16.5. The van der Waals surface area contributed by atoms with E-state index in [9.17, 15) is 19.2 Å². The van der Waals surface area contributed by atoms with E-state index in [-0.39, 0.29) is 11.4 Å². The zero-order valence-corrected chi connectivity index (χ0v) is 32.7. The summed E-state index contributed by atoms with van der Waals surface area (Å²) in [6.07, 6.45) is 0.682. The average Bonchev–Trinajstić information content (AvgIpc) is 3.64. The normalized spacial score (nSPS) is 15.4. The second-order valence-electron chi connectivity index (χ2n) is 15.5. The van der Waals surface area contributed by atoms with Crippen LogP contribution in [0.2, 0.25) is 0 Å². The molecule has 1 atom stereocenters. The predicted molar refractivity (Wildman–Crippen MR) is 197 cm³/mol. The van der Waals surface area contributed by atoms with Crippen molar-refractivity contribution in [2.75, 3.05) is 11.4 Å².